The number of hydrogen-bond acceptors (Lipinski definition) is 10. The zero-order chi connectivity index (χ0) is 45.3. The number of alkyl halides is 1. The predicted octanol–water partition coefficient (Wildman–Crippen LogP) is 9.04. The Hall–Kier alpha value is -5.88. The Labute approximate surface area is 368 Å². The van der Waals surface area contributed by atoms with Gasteiger partial charge in [0.2, 0.25) is 5.67 Å². The smallest absolute Gasteiger partial charge is 0.413 e. The van der Waals surface area contributed by atoms with Crippen LogP contribution in [0.1, 0.15) is 102 Å². The van der Waals surface area contributed by atoms with Gasteiger partial charge in [-0.1, -0.05) is 118 Å². The fourth-order valence-corrected chi connectivity index (χ4v) is 8.61. The highest BCUT2D eigenvalue weighted by molar-refractivity contribution is 5.93. The molecule has 1 fully saturated rings. The van der Waals surface area contributed by atoms with E-state index in [0.717, 1.165) is 42.4 Å². The van der Waals surface area contributed by atoms with E-state index in [1.54, 1.807) is 27.9 Å². The van der Waals surface area contributed by atoms with Crippen molar-refractivity contribution < 1.29 is 43.1 Å². The SMILES string of the molecule is C#CC(O)(CC(F)(C(=O)O)C1CCOC1COC(c1ccccc1)(c1ccccc1)c1ccc(OC)cc1)[C@@H](CCCCCCC)n1cnc2c(NC(=O)OC(C)(C)C)ncnc21. The highest BCUT2D eigenvalue weighted by Crippen LogP contribution is 2.47. The number of rotatable bonds is 20. The second-order valence-corrected chi connectivity index (χ2v) is 17.1. The summed E-state index contributed by atoms with van der Waals surface area (Å²) < 4.78 is 43.6. The average molecular weight is 864 g/mol. The van der Waals surface area contributed by atoms with Crippen LogP contribution in [-0.4, -0.2) is 85.1 Å². The Morgan fingerprint density at radius 3 is 2.17 bits per heavy atom. The van der Waals surface area contributed by atoms with E-state index in [9.17, 15) is 19.8 Å². The van der Waals surface area contributed by atoms with E-state index >= 15 is 4.39 Å². The maximum absolute atomic E-state index is 18.1. The first-order valence-corrected chi connectivity index (χ1v) is 21.5. The minimum atomic E-state index is -3.09. The number of carbonyl (C=O) groups is 2. The van der Waals surface area contributed by atoms with Gasteiger partial charge in [-0.3, -0.25) is 5.32 Å². The molecule has 63 heavy (non-hydrogen) atoms. The number of carboxylic acid groups (broad SMARTS) is 1. The molecule has 0 saturated carbocycles. The number of carboxylic acids is 1. The van der Waals surface area contributed by atoms with Gasteiger partial charge in [0.15, 0.2) is 17.0 Å². The van der Waals surface area contributed by atoms with Gasteiger partial charge in [-0.2, -0.15) is 0 Å². The summed E-state index contributed by atoms with van der Waals surface area (Å²) in [5, 5.41) is 26.1. The van der Waals surface area contributed by atoms with Crippen molar-refractivity contribution in [2.45, 2.75) is 114 Å². The molecule has 1 saturated heterocycles. The van der Waals surface area contributed by atoms with Crippen molar-refractivity contribution in [3.05, 3.63) is 114 Å². The summed E-state index contributed by atoms with van der Waals surface area (Å²) in [5.41, 5.74) is -4.83. The van der Waals surface area contributed by atoms with Gasteiger partial charge in [0.05, 0.1) is 32.2 Å². The standard InChI is InChI=1S/C49H58FN5O8/c1-7-9-10-11-18-23-40(55-33-53-41-42(51-32-52-43(41)55)54-45(58)63-46(3,4)5)47(59,8-2)31-48(50,44(56)57)38-28-29-61-39(38)30-62-49(34-19-14-12-15-20-34,35-21-16-13-17-22-35)36-24-26-37(60-6)27-25-36/h2,12-17,19-22,24-27,32-33,38-40,59H,7,9-11,18,23,28-31H2,1,3-6H3,(H,56,57)(H,51,52,54,58)/t38?,39?,40-,47?,48?/m1/s1. The molecule has 3 aromatic carbocycles. The number of terminal acetylenes is 1. The molecule has 6 rings (SSSR count). The largest absolute Gasteiger partial charge is 0.497 e. The lowest BCUT2D eigenvalue weighted by atomic mass is 9.73. The average Bonchev–Trinajstić information content (AvgIpc) is 3.94. The molecule has 2 aromatic heterocycles. The number of fused-ring (bicyclic) bond motifs is 1. The Balaban J connectivity index is 1.36. The van der Waals surface area contributed by atoms with E-state index in [1.807, 2.05) is 84.9 Å². The molecule has 5 aromatic rings. The molecule has 5 atom stereocenters. The second-order valence-electron chi connectivity index (χ2n) is 17.1. The van der Waals surface area contributed by atoms with E-state index in [2.05, 4.69) is 33.1 Å². The molecule has 3 N–H and O–H groups in total. The molecule has 0 aliphatic carbocycles. The number of imidazole rings is 1. The summed E-state index contributed by atoms with van der Waals surface area (Å²) >= 11 is 0. The summed E-state index contributed by atoms with van der Waals surface area (Å²) in [6.45, 7) is 7.11. The third-order valence-electron chi connectivity index (χ3n) is 11.7. The van der Waals surface area contributed by atoms with Crippen LogP contribution >= 0.6 is 0 Å². The third kappa shape index (κ3) is 10.3. The fraction of sp³-hybridized carbons (Fsp3) is 0.449. The number of anilines is 1. The number of hydrogen-bond donors (Lipinski definition) is 3. The normalized spacial score (nSPS) is 17.9. The second kappa shape index (κ2) is 20.1. The summed E-state index contributed by atoms with van der Waals surface area (Å²) in [5.74, 6) is 0.0457. The maximum Gasteiger partial charge on any atom is 0.413 e. The van der Waals surface area contributed by atoms with Crippen LogP contribution in [0, 0.1) is 18.3 Å². The minimum Gasteiger partial charge on any atom is -0.497 e. The van der Waals surface area contributed by atoms with Crippen LogP contribution in [0.25, 0.3) is 11.2 Å². The molecule has 1 aliphatic heterocycles. The molecular weight excluding hydrogens is 806 g/mol. The predicted molar refractivity (Wildman–Crippen MR) is 237 cm³/mol. The molecule has 334 valence electrons. The van der Waals surface area contributed by atoms with Gasteiger partial charge in [-0.15, -0.1) is 6.42 Å². The van der Waals surface area contributed by atoms with Gasteiger partial charge in [0, 0.05) is 18.9 Å². The number of carbonyl (C=O) groups excluding carboxylic acids is 1. The number of nitrogens with one attached hydrogen (secondary N) is 1. The molecule has 14 heteroatoms. The van der Waals surface area contributed by atoms with Gasteiger partial charge < -0.3 is 33.7 Å². The van der Waals surface area contributed by atoms with Crippen molar-refractivity contribution in [2.75, 3.05) is 25.6 Å². The van der Waals surface area contributed by atoms with Crippen LogP contribution in [0.4, 0.5) is 15.0 Å². The van der Waals surface area contributed by atoms with Gasteiger partial charge in [-0.05, 0) is 62.4 Å². The van der Waals surface area contributed by atoms with Crippen LogP contribution in [-0.2, 0) is 24.6 Å². The lowest BCUT2D eigenvalue weighted by Crippen LogP contribution is -2.54. The fourth-order valence-electron chi connectivity index (χ4n) is 8.61. The van der Waals surface area contributed by atoms with Crippen LogP contribution in [0.15, 0.2) is 97.6 Å². The summed E-state index contributed by atoms with van der Waals surface area (Å²) in [6, 6.07) is 25.6. The number of ether oxygens (including phenoxy) is 4. The van der Waals surface area contributed by atoms with Crippen LogP contribution in [0.2, 0.25) is 0 Å². The van der Waals surface area contributed by atoms with Gasteiger partial charge in [-0.25, -0.2) is 28.9 Å². The number of nitrogens with zero attached hydrogens (tertiary/aromatic N) is 4. The lowest BCUT2D eigenvalue weighted by Gasteiger charge is -2.41. The highest BCUT2D eigenvalue weighted by Gasteiger charge is 2.58. The van der Waals surface area contributed by atoms with Crippen molar-refractivity contribution in [3.8, 4) is 18.1 Å². The van der Waals surface area contributed by atoms with Crippen molar-refractivity contribution in [2.24, 2.45) is 5.92 Å². The zero-order valence-electron chi connectivity index (χ0n) is 36.6. The Bertz CT molecular complexity index is 2290. The molecule has 1 aliphatic rings. The molecule has 1 amide bonds. The summed E-state index contributed by atoms with van der Waals surface area (Å²) in [4.78, 5) is 39.3. The quantitative estimate of drug-likeness (QED) is 0.0388. The number of amides is 1. The maximum atomic E-state index is 18.1. The number of unbranched alkanes of at least 4 members (excludes halogenated alkanes) is 4. The zero-order valence-corrected chi connectivity index (χ0v) is 36.6. The van der Waals surface area contributed by atoms with Gasteiger partial charge in [0.25, 0.3) is 0 Å². The number of benzene rings is 3. The van der Waals surface area contributed by atoms with E-state index in [4.69, 9.17) is 25.4 Å². The minimum absolute atomic E-state index is 0.0201. The lowest BCUT2D eigenvalue weighted by molar-refractivity contribution is -0.166. The van der Waals surface area contributed by atoms with Crippen LogP contribution in [0.5, 0.6) is 5.75 Å². The van der Waals surface area contributed by atoms with E-state index in [1.165, 1.54) is 17.2 Å². The van der Waals surface area contributed by atoms with Crippen molar-refractivity contribution in [1.82, 2.24) is 19.5 Å². The van der Waals surface area contributed by atoms with Crippen molar-refractivity contribution >= 4 is 29.0 Å². The molecule has 0 bridgehead atoms. The number of aromatic nitrogens is 4. The number of aliphatic hydroxyl groups is 1. The summed E-state index contributed by atoms with van der Waals surface area (Å²) in [6.07, 6.45) is 10.5. The molecule has 0 spiro atoms. The van der Waals surface area contributed by atoms with Crippen LogP contribution in [0.3, 0.4) is 0 Å². The molecule has 0 radical (unpaired) electrons. The van der Waals surface area contributed by atoms with Crippen LogP contribution < -0.4 is 10.1 Å². The van der Waals surface area contributed by atoms with Crippen molar-refractivity contribution in [1.29, 1.82) is 0 Å². The van der Waals surface area contributed by atoms with Gasteiger partial charge in [0.1, 0.15) is 28.9 Å². The first-order valence-electron chi connectivity index (χ1n) is 21.5. The van der Waals surface area contributed by atoms with E-state index in [-0.39, 0.29) is 43.0 Å². The molecular formula is C49H58FN5O8. The first kappa shape index (κ1) is 46.6. The molecule has 3 heterocycles. The summed E-state index contributed by atoms with van der Waals surface area (Å²) in [7, 11) is 1.59. The van der Waals surface area contributed by atoms with Gasteiger partial charge >= 0.3 is 12.1 Å². The molecule has 4 unspecified atom stereocenters. The number of halogens is 1. The Morgan fingerprint density at radius 2 is 1.59 bits per heavy atom. The Kier molecular flexibility index (Phi) is 14.9. The molecule has 13 nitrogen and oxygen atoms in total. The monoisotopic (exact) mass is 863 g/mol. The number of aliphatic carboxylic acids is 1. The van der Waals surface area contributed by atoms with Crippen molar-refractivity contribution in [3.63, 3.8) is 0 Å². The topological polar surface area (TPSA) is 167 Å². The third-order valence-corrected chi connectivity index (χ3v) is 11.7. The van der Waals surface area contributed by atoms with E-state index < -0.39 is 59.0 Å². The highest BCUT2D eigenvalue weighted by atomic mass is 19.1. The Morgan fingerprint density at radius 1 is 0.952 bits per heavy atom. The first-order chi connectivity index (χ1) is 30.2. The van der Waals surface area contributed by atoms with E-state index in [0.29, 0.717) is 12.2 Å². The number of methoxy groups -OCH3 is 1.